The van der Waals surface area contributed by atoms with Crippen molar-refractivity contribution in [2.24, 2.45) is 17.6 Å². The lowest BCUT2D eigenvalue weighted by Crippen LogP contribution is -2.52. The van der Waals surface area contributed by atoms with Crippen LogP contribution in [0, 0.1) is 11.8 Å². The lowest BCUT2D eigenvalue weighted by Gasteiger charge is -2.40. The average Bonchev–Trinajstić information content (AvgIpc) is 2.57. The highest BCUT2D eigenvalue weighted by Crippen LogP contribution is 2.17. The molecule has 1 heterocycles. The van der Waals surface area contributed by atoms with Gasteiger partial charge in [0, 0.05) is 44.8 Å². The molecule has 4 unspecified atom stereocenters. The van der Waals surface area contributed by atoms with Crippen molar-refractivity contribution in [2.75, 3.05) is 39.3 Å². The zero-order valence-electron chi connectivity index (χ0n) is 18.8. The lowest BCUT2D eigenvalue weighted by molar-refractivity contribution is 0.0462. The van der Waals surface area contributed by atoms with Gasteiger partial charge >= 0.3 is 6.09 Å². The van der Waals surface area contributed by atoms with Crippen molar-refractivity contribution in [1.82, 2.24) is 15.1 Å². The number of carbonyl (C=O) groups is 1. The number of carbonyl (C=O) groups excluding carboxylic acids is 1. The predicted octanol–water partition coefficient (Wildman–Crippen LogP) is 2.92. The SMILES string of the molecule is CCC(CN1CCN(C(C)CC(C)CN)CC1)C(C)NC(=O)OC(C)(C)C. The first kappa shape index (κ1) is 24.2. The third kappa shape index (κ3) is 9.26. The molecule has 1 rings (SSSR count). The Hall–Kier alpha value is -0.850. The largest absolute Gasteiger partial charge is 0.444 e. The molecule has 0 bridgehead atoms. The number of hydrogen-bond acceptors (Lipinski definition) is 5. The summed E-state index contributed by atoms with van der Waals surface area (Å²) in [6.07, 6.45) is 1.90. The van der Waals surface area contributed by atoms with Crippen LogP contribution in [0.25, 0.3) is 0 Å². The third-order valence-corrected chi connectivity index (χ3v) is 5.64. The number of hydrogen-bond donors (Lipinski definition) is 2. The molecule has 1 saturated heterocycles. The van der Waals surface area contributed by atoms with Crippen molar-refractivity contribution >= 4 is 6.09 Å². The molecule has 0 aromatic rings. The maximum Gasteiger partial charge on any atom is 0.407 e. The second kappa shape index (κ2) is 11.2. The molecule has 160 valence electrons. The number of nitrogens with zero attached hydrogens (tertiary/aromatic N) is 2. The first-order valence-electron chi connectivity index (χ1n) is 10.7. The zero-order chi connectivity index (χ0) is 20.6. The highest BCUT2D eigenvalue weighted by Gasteiger charge is 2.26. The molecule has 0 aromatic carbocycles. The summed E-state index contributed by atoms with van der Waals surface area (Å²) < 4.78 is 5.40. The molecule has 3 N–H and O–H groups in total. The van der Waals surface area contributed by atoms with Crippen LogP contribution >= 0.6 is 0 Å². The van der Waals surface area contributed by atoms with Gasteiger partial charge in [0.1, 0.15) is 5.60 Å². The Kier molecular flexibility index (Phi) is 10.1. The second-order valence-electron chi connectivity index (χ2n) is 9.37. The third-order valence-electron chi connectivity index (χ3n) is 5.64. The maximum absolute atomic E-state index is 12.0. The van der Waals surface area contributed by atoms with E-state index < -0.39 is 5.60 Å². The normalized spacial score (nSPS) is 21.3. The van der Waals surface area contributed by atoms with Gasteiger partial charge in [0.25, 0.3) is 0 Å². The monoisotopic (exact) mass is 384 g/mol. The summed E-state index contributed by atoms with van der Waals surface area (Å²) in [6, 6.07) is 0.702. The van der Waals surface area contributed by atoms with Crippen molar-refractivity contribution in [2.45, 2.75) is 79.0 Å². The fraction of sp³-hybridized carbons (Fsp3) is 0.952. The van der Waals surface area contributed by atoms with Crippen molar-refractivity contribution in [1.29, 1.82) is 0 Å². The Bertz CT molecular complexity index is 430. The van der Waals surface area contributed by atoms with Crippen LogP contribution in [-0.4, -0.2) is 72.8 Å². The maximum atomic E-state index is 12.0. The zero-order valence-corrected chi connectivity index (χ0v) is 18.8. The summed E-state index contributed by atoms with van der Waals surface area (Å²) in [6.45, 7) is 20.7. The first-order chi connectivity index (χ1) is 12.6. The predicted molar refractivity (Wildman–Crippen MR) is 113 cm³/mol. The smallest absolute Gasteiger partial charge is 0.407 e. The number of piperazine rings is 1. The van der Waals surface area contributed by atoms with E-state index >= 15 is 0 Å². The molecule has 27 heavy (non-hydrogen) atoms. The summed E-state index contributed by atoms with van der Waals surface area (Å²) in [5.74, 6) is 1.01. The summed E-state index contributed by atoms with van der Waals surface area (Å²) in [4.78, 5) is 17.2. The Morgan fingerprint density at radius 1 is 1.15 bits per heavy atom. The van der Waals surface area contributed by atoms with E-state index in [9.17, 15) is 4.79 Å². The van der Waals surface area contributed by atoms with E-state index in [2.05, 4.69) is 42.8 Å². The number of amides is 1. The van der Waals surface area contributed by atoms with E-state index in [0.29, 0.717) is 17.9 Å². The van der Waals surface area contributed by atoms with E-state index in [-0.39, 0.29) is 12.1 Å². The van der Waals surface area contributed by atoms with Gasteiger partial charge in [0.2, 0.25) is 0 Å². The number of nitrogens with one attached hydrogen (secondary N) is 1. The fourth-order valence-electron chi connectivity index (χ4n) is 3.80. The number of ether oxygens (including phenoxy) is 1. The van der Waals surface area contributed by atoms with Gasteiger partial charge in [-0.05, 0) is 59.4 Å². The molecule has 0 aromatic heterocycles. The van der Waals surface area contributed by atoms with Crippen LogP contribution in [0.4, 0.5) is 4.79 Å². The van der Waals surface area contributed by atoms with Crippen LogP contribution in [0.5, 0.6) is 0 Å². The van der Waals surface area contributed by atoms with Crippen LogP contribution in [0.1, 0.15) is 61.3 Å². The van der Waals surface area contributed by atoms with Crippen molar-refractivity contribution in [3.8, 4) is 0 Å². The summed E-state index contributed by atoms with van der Waals surface area (Å²) in [5.41, 5.74) is 5.31. The molecule has 4 atom stereocenters. The number of nitrogens with two attached hydrogens (primary N) is 1. The molecular formula is C21H44N4O2. The highest BCUT2D eigenvalue weighted by molar-refractivity contribution is 5.68. The van der Waals surface area contributed by atoms with Crippen molar-refractivity contribution in [3.05, 3.63) is 0 Å². The van der Waals surface area contributed by atoms with E-state index in [1.807, 2.05) is 20.8 Å². The van der Waals surface area contributed by atoms with Gasteiger partial charge in [-0.1, -0.05) is 20.3 Å². The highest BCUT2D eigenvalue weighted by atomic mass is 16.6. The van der Waals surface area contributed by atoms with E-state index in [1.54, 1.807) is 0 Å². The summed E-state index contributed by atoms with van der Waals surface area (Å²) >= 11 is 0. The number of alkyl carbamates (subject to hydrolysis) is 1. The molecule has 1 aliphatic rings. The quantitative estimate of drug-likeness (QED) is 0.640. The van der Waals surface area contributed by atoms with Crippen LogP contribution in [-0.2, 0) is 4.74 Å². The van der Waals surface area contributed by atoms with Crippen LogP contribution in [0.15, 0.2) is 0 Å². The molecule has 6 nitrogen and oxygen atoms in total. The van der Waals surface area contributed by atoms with E-state index in [4.69, 9.17) is 10.5 Å². The second-order valence-corrected chi connectivity index (χ2v) is 9.37. The minimum Gasteiger partial charge on any atom is -0.444 e. The minimum absolute atomic E-state index is 0.104. The molecule has 1 fully saturated rings. The Labute approximate surface area is 167 Å². The molecule has 0 saturated carbocycles. The fourth-order valence-corrected chi connectivity index (χ4v) is 3.80. The Morgan fingerprint density at radius 2 is 1.74 bits per heavy atom. The van der Waals surface area contributed by atoms with E-state index in [1.165, 1.54) is 6.42 Å². The minimum atomic E-state index is -0.458. The molecule has 1 aliphatic heterocycles. The molecule has 0 spiro atoms. The van der Waals surface area contributed by atoms with Crippen molar-refractivity contribution in [3.63, 3.8) is 0 Å². The molecule has 0 radical (unpaired) electrons. The van der Waals surface area contributed by atoms with Crippen LogP contribution in [0.2, 0.25) is 0 Å². The molecule has 1 amide bonds. The van der Waals surface area contributed by atoms with Crippen molar-refractivity contribution < 1.29 is 9.53 Å². The van der Waals surface area contributed by atoms with Gasteiger partial charge < -0.3 is 20.7 Å². The average molecular weight is 385 g/mol. The number of rotatable bonds is 9. The standard InChI is InChI=1S/C21H44N4O2/c1-8-19(18(4)23-20(26)27-21(5,6)7)15-24-9-11-25(12-10-24)17(3)13-16(2)14-22/h16-19H,8-15,22H2,1-7H3,(H,23,26). The topological polar surface area (TPSA) is 70.8 Å². The summed E-state index contributed by atoms with van der Waals surface area (Å²) in [7, 11) is 0. The molecule has 0 aliphatic carbocycles. The van der Waals surface area contributed by atoms with Gasteiger partial charge in [-0.25, -0.2) is 4.79 Å². The Morgan fingerprint density at radius 3 is 2.22 bits per heavy atom. The van der Waals surface area contributed by atoms with Gasteiger partial charge in [0.05, 0.1) is 0 Å². The van der Waals surface area contributed by atoms with Gasteiger partial charge in [-0.15, -0.1) is 0 Å². The van der Waals surface area contributed by atoms with Gasteiger partial charge in [0.15, 0.2) is 0 Å². The van der Waals surface area contributed by atoms with E-state index in [0.717, 1.165) is 45.7 Å². The molecular weight excluding hydrogens is 340 g/mol. The van der Waals surface area contributed by atoms with Gasteiger partial charge in [-0.3, -0.25) is 4.90 Å². The first-order valence-corrected chi connectivity index (χ1v) is 10.7. The Balaban J connectivity index is 2.42. The molecule has 6 heteroatoms. The lowest BCUT2D eigenvalue weighted by atomic mass is 9.97. The summed E-state index contributed by atoms with van der Waals surface area (Å²) in [5, 5.41) is 3.02. The van der Waals surface area contributed by atoms with Crippen LogP contribution in [0.3, 0.4) is 0 Å². The van der Waals surface area contributed by atoms with Gasteiger partial charge in [-0.2, -0.15) is 0 Å². The van der Waals surface area contributed by atoms with Crippen LogP contribution < -0.4 is 11.1 Å².